The molecular weight excluding hydrogens is 498 g/mol. The summed E-state index contributed by atoms with van der Waals surface area (Å²) in [5.41, 5.74) is 5.81. The maximum absolute atomic E-state index is 12.4. The minimum atomic E-state index is -0.459. The maximum Gasteiger partial charge on any atom is 0.281 e. The molecule has 2 amide bonds. The highest BCUT2D eigenvalue weighted by Crippen LogP contribution is 2.34. The molecule has 0 fully saturated rings. The number of thiophene rings is 1. The molecule has 3 aromatic rings. The summed E-state index contributed by atoms with van der Waals surface area (Å²) in [6, 6.07) is 12.9. The number of benzene rings is 2. The Labute approximate surface area is 189 Å². The van der Waals surface area contributed by atoms with Gasteiger partial charge >= 0.3 is 0 Å². The molecule has 3 rings (SSSR count). The van der Waals surface area contributed by atoms with Gasteiger partial charge in [0.25, 0.3) is 11.8 Å². The zero-order valence-electron chi connectivity index (χ0n) is 15.0. The minimum absolute atomic E-state index is 0.0586. The van der Waals surface area contributed by atoms with Crippen LogP contribution in [-0.2, 0) is 4.79 Å². The van der Waals surface area contributed by atoms with Crippen LogP contribution in [0.15, 0.2) is 46.9 Å². The van der Waals surface area contributed by atoms with Crippen molar-refractivity contribution in [1.29, 1.82) is 0 Å². The lowest BCUT2D eigenvalue weighted by atomic mass is 10.2. The Morgan fingerprint density at radius 2 is 1.97 bits per heavy atom. The third-order valence-corrected chi connectivity index (χ3v) is 6.15. The molecule has 2 aromatic carbocycles. The van der Waals surface area contributed by atoms with E-state index >= 15 is 0 Å². The zero-order chi connectivity index (χ0) is 21.0. The molecule has 29 heavy (non-hydrogen) atoms. The molecule has 0 unspecified atom stereocenters. The Bertz CT molecular complexity index is 1100. The first-order chi connectivity index (χ1) is 13.8. The van der Waals surface area contributed by atoms with E-state index in [1.807, 2.05) is 43.3 Å². The van der Waals surface area contributed by atoms with Crippen molar-refractivity contribution in [2.24, 2.45) is 0 Å². The zero-order valence-corrected chi connectivity index (χ0v) is 19.0. The number of fused-ring (bicyclic) bond motifs is 1. The molecule has 1 heterocycles. The van der Waals surface area contributed by atoms with E-state index < -0.39 is 11.8 Å². The fourth-order valence-corrected chi connectivity index (χ4v) is 4.50. The normalized spacial score (nSPS) is 10.4. The van der Waals surface area contributed by atoms with Gasteiger partial charge in [-0.2, -0.15) is 0 Å². The summed E-state index contributed by atoms with van der Waals surface area (Å²) in [5, 5.41) is 3.55. The van der Waals surface area contributed by atoms with Gasteiger partial charge in [-0.15, -0.1) is 11.3 Å². The highest BCUT2D eigenvalue weighted by Gasteiger charge is 2.17. The Hall–Kier alpha value is -2.20. The van der Waals surface area contributed by atoms with E-state index in [4.69, 9.17) is 28.6 Å². The molecule has 3 N–H and O–H groups in total. The summed E-state index contributed by atoms with van der Waals surface area (Å²) in [4.78, 5) is 24.7. The molecule has 150 valence electrons. The number of amides is 2. The average molecular weight is 513 g/mol. The number of nitrogens with one attached hydrogen (secondary N) is 3. The first-order valence-electron chi connectivity index (χ1n) is 8.31. The van der Waals surface area contributed by atoms with Gasteiger partial charge in [-0.1, -0.05) is 45.7 Å². The van der Waals surface area contributed by atoms with Crippen LogP contribution in [-0.4, -0.2) is 23.5 Å². The predicted octanol–water partition coefficient (Wildman–Crippen LogP) is 4.34. The second-order valence-electron chi connectivity index (χ2n) is 5.90. The largest absolute Gasteiger partial charge is 0.483 e. The molecule has 0 radical (unpaired) electrons. The molecule has 0 aliphatic heterocycles. The van der Waals surface area contributed by atoms with Gasteiger partial charge in [-0.3, -0.25) is 25.8 Å². The molecule has 0 saturated heterocycles. The number of carbonyl (C=O) groups is 2. The Kier molecular flexibility index (Phi) is 7.07. The number of thiocarbonyl (C=S) groups is 1. The second kappa shape index (κ2) is 9.53. The Balaban J connectivity index is 1.49. The van der Waals surface area contributed by atoms with Gasteiger partial charge < -0.3 is 4.74 Å². The standard InChI is InChI=1S/C19H15BrClN3O3S2/c1-10-8-11(20)6-7-13(10)27-9-15(25)22-19(28)24-23-18(26)17-16(21)12-4-2-3-5-14(12)29-17/h2-8H,9H2,1H3,(H,23,26)(H2,22,24,25,28). The molecular formula is C19H15BrClN3O3S2. The van der Waals surface area contributed by atoms with Crippen LogP contribution in [0.1, 0.15) is 15.2 Å². The van der Waals surface area contributed by atoms with Crippen LogP contribution >= 0.6 is 51.1 Å². The van der Waals surface area contributed by atoms with Crippen molar-refractivity contribution in [2.45, 2.75) is 6.92 Å². The van der Waals surface area contributed by atoms with E-state index in [-0.39, 0.29) is 11.7 Å². The Morgan fingerprint density at radius 3 is 2.69 bits per heavy atom. The van der Waals surface area contributed by atoms with Crippen molar-refractivity contribution >= 4 is 78.1 Å². The van der Waals surface area contributed by atoms with Gasteiger partial charge in [0.05, 0.1) is 5.02 Å². The SMILES string of the molecule is Cc1cc(Br)ccc1OCC(=O)NC(=S)NNC(=O)c1sc2ccccc2c1Cl. The lowest BCUT2D eigenvalue weighted by molar-refractivity contribution is -0.121. The van der Waals surface area contributed by atoms with Crippen LogP contribution in [0.4, 0.5) is 0 Å². The molecule has 6 nitrogen and oxygen atoms in total. The third kappa shape index (κ3) is 5.45. The number of hydrogen-bond acceptors (Lipinski definition) is 5. The summed E-state index contributed by atoms with van der Waals surface area (Å²) in [6.07, 6.45) is 0. The highest BCUT2D eigenvalue weighted by molar-refractivity contribution is 9.10. The fraction of sp³-hybridized carbons (Fsp3) is 0.105. The van der Waals surface area contributed by atoms with Gasteiger partial charge in [0, 0.05) is 14.6 Å². The van der Waals surface area contributed by atoms with Gasteiger partial charge in [-0.25, -0.2) is 0 Å². The smallest absolute Gasteiger partial charge is 0.281 e. The summed E-state index contributed by atoms with van der Waals surface area (Å²) in [5.74, 6) is -0.316. The van der Waals surface area contributed by atoms with Crippen molar-refractivity contribution in [3.8, 4) is 5.75 Å². The number of hydrazine groups is 1. The number of ether oxygens (including phenoxy) is 1. The summed E-state index contributed by atoms with van der Waals surface area (Å²) >= 11 is 15.9. The number of aryl methyl sites for hydroxylation is 1. The first kappa shape index (κ1) is 21.5. The van der Waals surface area contributed by atoms with Crippen LogP contribution in [0.3, 0.4) is 0 Å². The molecule has 0 atom stereocenters. The predicted molar refractivity (Wildman–Crippen MR) is 123 cm³/mol. The number of hydrogen-bond donors (Lipinski definition) is 3. The molecule has 0 bridgehead atoms. The first-order valence-corrected chi connectivity index (χ1v) is 10.7. The molecule has 0 aliphatic carbocycles. The van der Waals surface area contributed by atoms with Gasteiger partial charge in [-0.05, 0) is 49.0 Å². The molecule has 0 saturated carbocycles. The minimum Gasteiger partial charge on any atom is -0.483 e. The van der Waals surface area contributed by atoms with Crippen molar-refractivity contribution in [1.82, 2.24) is 16.2 Å². The maximum atomic E-state index is 12.4. The number of halogens is 2. The molecule has 1 aromatic heterocycles. The van der Waals surface area contributed by atoms with Crippen LogP contribution < -0.4 is 20.9 Å². The van der Waals surface area contributed by atoms with Crippen LogP contribution in [0.2, 0.25) is 5.02 Å². The molecule has 10 heteroatoms. The number of rotatable bonds is 4. The van der Waals surface area contributed by atoms with E-state index in [0.29, 0.717) is 15.6 Å². The lowest BCUT2D eigenvalue weighted by Gasteiger charge is -2.12. The van der Waals surface area contributed by atoms with Crippen molar-refractivity contribution < 1.29 is 14.3 Å². The van der Waals surface area contributed by atoms with Gasteiger partial charge in [0.15, 0.2) is 11.7 Å². The van der Waals surface area contributed by atoms with Crippen LogP contribution in [0, 0.1) is 6.92 Å². The molecule has 0 spiro atoms. The summed E-state index contributed by atoms with van der Waals surface area (Å²) in [6.45, 7) is 1.65. The van der Waals surface area contributed by atoms with E-state index in [2.05, 4.69) is 32.1 Å². The Morgan fingerprint density at radius 1 is 1.21 bits per heavy atom. The quantitative estimate of drug-likeness (QED) is 0.358. The lowest BCUT2D eigenvalue weighted by Crippen LogP contribution is -2.49. The van der Waals surface area contributed by atoms with E-state index in [1.54, 1.807) is 6.07 Å². The average Bonchev–Trinajstić information content (AvgIpc) is 3.02. The molecule has 0 aliphatic rings. The van der Waals surface area contributed by atoms with Gasteiger partial charge in [0.2, 0.25) is 0 Å². The van der Waals surface area contributed by atoms with E-state index in [9.17, 15) is 9.59 Å². The highest BCUT2D eigenvalue weighted by atomic mass is 79.9. The van der Waals surface area contributed by atoms with Gasteiger partial charge in [0.1, 0.15) is 10.6 Å². The topological polar surface area (TPSA) is 79.5 Å². The second-order valence-corrected chi connectivity index (χ2v) is 8.65. The number of carbonyl (C=O) groups excluding carboxylic acids is 2. The van der Waals surface area contributed by atoms with Crippen LogP contribution in [0.25, 0.3) is 10.1 Å². The van der Waals surface area contributed by atoms with Crippen molar-refractivity contribution in [2.75, 3.05) is 6.61 Å². The van der Waals surface area contributed by atoms with E-state index in [0.717, 1.165) is 20.1 Å². The van der Waals surface area contributed by atoms with E-state index in [1.165, 1.54) is 11.3 Å². The monoisotopic (exact) mass is 511 g/mol. The summed E-state index contributed by atoms with van der Waals surface area (Å²) in [7, 11) is 0. The van der Waals surface area contributed by atoms with Crippen molar-refractivity contribution in [3.63, 3.8) is 0 Å². The van der Waals surface area contributed by atoms with Crippen LogP contribution in [0.5, 0.6) is 5.75 Å². The third-order valence-electron chi connectivity index (χ3n) is 3.78. The summed E-state index contributed by atoms with van der Waals surface area (Å²) < 4.78 is 7.30. The van der Waals surface area contributed by atoms with Crippen molar-refractivity contribution in [3.05, 3.63) is 62.4 Å². The fourth-order valence-electron chi connectivity index (χ4n) is 2.44.